The highest BCUT2D eigenvalue weighted by atomic mass is 32.1. The molecule has 66 valence electrons. The number of aromatic nitrogens is 1. The lowest BCUT2D eigenvalue weighted by Gasteiger charge is -2.06. The van der Waals surface area contributed by atoms with Crippen LogP contribution in [0.1, 0.15) is 37.8 Å². The molecule has 2 rings (SSSR count). The van der Waals surface area contributed by atoms with Crippen LogP contribution in [0.3, 0.4) is 0 Å². The Morgan fingerprint density at radius 2 is 2.08 bits per heavy atom. The van der Waals surface area contributed by atoms with E-state index in [1.54, 1.807) is 11.3 Å². The van der Waals surface area contributed by atoms with Gasteiger partial charge in [-0.1, -0.05) is 19.4 Å². The van der Waals surface area contributed by atoms with Gasteiger partial charge in [0.2, 0.25) is 0 Å². The van der Waals surface area contributed by atoms with Crippen molar-refractivity contribution in [2.75, 3.05) is 0 Å². The van der Waals surface area contributed by atoms with Crippen LogP contribution in [-0.2, 0) is 6.42 Å². The standard InChI is InChI=1S/C8H9NS.C2H6/c1-6-2-3-7-8(4-6)10-5-9-7;1-2/h4-5H,2-3H2,1H3;1-2H3. The fourth-order valence-electron chi connectivity index (χ4n) is 1.20. The SMILES string of the molecule is CC.CC1=Cc2scnc2CC1. The number of hydrogen-bond donors (Lipinski definition) is 0. The summed E-state index contributed by atoms with van der Waals surface area (Å²) < 4.78 is 0. The van der Waals surface area contributed by atoms with E-state index in [0.717, 1.165) is 6.42 Å². The summed E-state index contributed by atoms with van der Waals surface area (Å²) in [5.41, 5.74) is 4.70. The highest BCUT2D eigenvalue weighted by molar-refractivity contribution is 7.10. The Balaban J connectivity index is 0.000000336. The molecule has 1 aromatic heterocycles. The number of thiazole rings is 1. The summed E-state index contributed by atoms with van der Waals surface area (Å²) in [7, 11) is 0. The molecular weight excluding hydrogens is 166 g/mol. The van der Waals surface area contributed by atoms with E-state index in [9.17, 15) is 0 Å². The van der Waals surface area contributed by atoms with E-state index in [0.29, 0.717) is 0 Å². The van der Waals surface area contributed by atoms with Gasteiger partial charge in [0.25, 0.3) is 0 Å². The number of hydrogen-bond acceptors (Lipinski definition) is 2. The number of aryl methyl sites for hydroxylation is 1. The minimum Gasteiger partial charge on any atom is -0.249 e. The molecule has 0 saturated heterocycles. The highest BCUT2D eigenvalue weighted by Gasteiger charge is 2.08. The first-order valence-corrected chi connectivity index (χ1v) is 5.34. The van der Waals surface area contributed by atoms with Gasteiger partial charge in [0.05, 0.1) is 16.1 Å². The van der Waals surface area contributed by atoms with Gasteiger partial charge in [-0.15, -0.1) is 11.3 Å². The zero-order valence-corrected chi connectivity index (χ0v) is 8.74. The average molecular weight is 181 g/mol. The van der Waals surface area contributed by atoms with E-state index in [-0.39, 0.29) is 0 Å². The number of fused-ring (bicyclic) bond motifs is 1. The summed E-state index contributed by atoms with van der Waals surface area (Å²) >= 11 is 1.74. The van der Waals surface area contributed by atoms with Gasteiger partial charge < -0.3 is 0 Å². The molecular formula is C10H15NS. The second-order valence-corrected chi connectivity index (χ2v) is 3.54. The van der Waals surface area contributed by atoms with E-state index in [4.69, 9.17) is 0 Å². The molecule has 0 spiro atoms. The minimum atomic E-state index is 1.14. The molecule has 0 amide bonds. The van der Waals surface area contributed by atoms with Crippen LogP contribution in [0, 0.1) is 0 Å². The van der Waals surface area contributed by atoms with Gasteiger partial charge in [-0.3, -0.25) is 0 Å². The molecule has 0 N–H and O–H groups in total. The fourth-order valence-corrected chi connectivity index (χ4v) is 2.05. The Hall–Kier alpha value is -0.630. The van der Waals surface area contributed by atoms with Crippen LogP contribution in [0.5, 0.6) is 0 Å². The Morgan fingerprint density at radius 1 is 1.33 bits per heavy atom. The van der Waals surface area contributed by atoms with Crippen molar-refractivity contribution in [1.82, 2.24) is 4.98 Å². The number of nitrogens with zero attached hydrogens (tertiary/aromatic N) is 1. The van der Waals surface area contributed by atoms with Crippen molar-refractivity contribution >= 4 is 17.4 Å². The zero-order valence-electron chi connectivity index (χ0n) is 7.92. The molecule has 1 heterocycles. The summed E-state index contributed by atoms with van der Waals surface area (Å²) in [4.78, 5) is 5.63. The third kappa shape index (κ3) is 1.95. The van der Waals surface area contributed by atoms with Crippen molar-refractivity contribution in [2.24, 2.45) is 0 Å². The fraction of sp³-hybridized carbons (Fsp3) is 0.500. The van der Waals surface area contributed by atoms with Gasteiger partial charge in [0.1, 0.15) is 0 Å². The molecule has 0 saturated carbocycles. The van der Waals surface area contributed by atoms with E-state index < -0.39 is 0 Å². The normalized spacial score (nSPS) is 14.1. The van der Waals surface area contributed by atoms with E-state index >= 15 is 0 Å². The highest BCUT2D eigenvalue weighted by Crippen LogP contribution is 2.25. The molecule has 0 aromatic carbocycles. The minimum absolute atomic E-state index is 1.14. The Bertz CT molecular complexity index is 273. The Labute approximate surface area is 78.2 Å². The topological polar surface area (TPSA) is 12.9 Å². The molecule has 2 heteroatoms. The summed E-state index contributed by atoms with van der Waals surface area (Å²) in [5.74, 6) is 0. The first-order valence-electron chi connectivity index (χ1n) is 4.46. The first kappa shape index (κ1) is 9.46. The van der Waals surface area contributed by atoms with Crippen molar-refractivity contribution in [2.45, 2.75) is 33.6 Å². The van der Waals surface area contributed by atoms with Crippen molar-refractivity contribution in [1.29, 1.82) is 0 Å². The lowest BCUT2D eigenvalue weighted by Crippen LogP contribution is -1.94. The van der Waals surface area contributed by atoms with Crippen LogP contribution >= 0.6 is 11.3 Å². The van der Waals surface area contributed by atoms with Crippen molar-refractivity contribution in [3.63, 3.8) is 0 Å². The van der Waals surface area contributed by atoms with Crippen LogP contribution in [0.4, 0.5) is 0 Å². The summed E-state index contributed by atoms with van der Waals surface area (Å²) in [5, 5.41) is 0. The summed E-state index contributed by atoms with van der Waals surface area (Å²) in [6, 6.07) is 0. The molecule has 1 nitrogen and oxygen atoms in total. The maximum atomic E-state index is 4.27. The molecule has 0 radical (unpaired) electrons. The predicted octanol–water partition coefficient (Wildman–Crippen LogP) is 3.52. The van der Waals surface area contributed by atoms with Gasteiger partial charge in [0.15, 0.2) is 0 Å². The molecule has 0 atom stereocenters. The molecule has 0 unspecified atom stereocenters. The molecule has 1 aliphatic rings. The molecule has 0 fully saturated rings. The summed E-state index contributed by atoms with van der Waals surface area (Å²) in [6.45, 7) is 6.18. The van der Waals surface area contributed by atoms with Crippen LogP contribution in [0.15, 0.2) is 11.1 Å². The lowest BCUT2D eigenvalue weighted by atomic mass is 10.0. The van der Waals surface area contributed by atoms with Crippen LogP contribution in [0.2, 0.25) is 0 Å². The molecule has 0 bridgehead atoms. The zero-order chi connectivity index (χ0) is 8.97. The third-order valence-electron chi connectivity index (χ3n) is 1.81. The van der Waals surface area contributed by atoms with E-state index in [2.05, 4.69) is 18.0 Å². The van der Waals surface area contributed by atoms with E-state index in [1.807, 2.05) is 19.4 Å². The summed E-state index contributed by atoms with van der Waals surface area (Å²) in [6.07, 6.45) is 4.58. The predicted molar refractivity (Wildman–Crippen MR) is 55.4 cm³/mol. The quantitative estimate of drug-likeness (QED) is 0.596. The van der Waals surface area contributed by atoms with Gasteiger partial charge in [0, 0.05) is 0 Å². The van der Waals surface area contributed by atoms with Gasteiger partial charge >= 0.3 is 0 Å². The number of rotatable bonds is 0. The lowest BCUT2D eigenvalue weighted by molar-refractivity contribution is 0.899. The maximum absolute atomic E-state index is 4.27. The molecule has 1 aliphatic carbocycles. The average Bonchev–Trinajstić information content (AvgIpc) is 2.54. The number of allylic oxidation sites excluding steroid dienone is 1. The second kappa shape index (κ2) is 4.41. The van der Waals surface area contributed by atoms with Gasteiger partial charge in [-0.2, -0.15) is 0 Å². The van der Waals surface area contributed by atoms with Crippen LogP contribution < -0.4 is 0 Å². The smallest absolute Gasteiger partial charge is 0.0801 e. The van der Waals surface area contributed by atoms with E-state index in [1.165, 1.54) is 22.6 Å². The monoisotopic (exact) mass is 181 g/mol. The van der Waals surface area contributed by atoms with Crippen molar-refractivity contribution in [3.05, 3.63) is 21.7 Å². The van der Waals surface area contributed by atoms with Crippen LogP contribution in [-0.4, -0.2) is 4.98 Å². The second-order valence-electron chi connectivity index (χ2n) is 2.65. The first-order chi connectivity index (χ1) is 5.86. The van der Waals surface area contributed by atoms with Gasteiger partial charge in [-0.05, 0) is 25.8 Å². The third-order valence-corrected chi connectivity index (χ3v) is 2.62. The Morgan fingerprint density at radius 3 is 2.83 bits per heavy atom. The van der Waals surface area contributed by atoms with Crippen molar-refractivity contribution < 1.29 is 0 Å². The van der Waals surface area contributed by atoms with Crippen molar-refractivity contribution in [3.8, 4) is 0 Å². The largest absolute Gasteiger partial charge is 0.249 e. The maximum Gasteiger partial charge on any atom is 0.0801 e. The Kier molecular flexibility index (Phi) is 3.48. The molecule has 12 heavy (non-hydrogen) atoms. The van der Waals surface area contributed by atoms with Crippen LogP contribution in [0.25, 0.3) is 6.08 Å². The molecule has 0 aliphatic heterocycles. The molecule has 1 aromatic rings. The van der Waals surface area contributed by atoms with Gasteiger partial charge in [-0.25, -0.2) is 4.98 Å².